The Hall–Kier alpha value is -3.24. The van der Waals surface area contributed by atoms with E-state index < -0.39 is 0 Å². The number of nitrogens with zero attached hydrogens (tertiary/aromatic N) is 1. The van der Waals surface area contributed by atoms with Crippen molar-refractivity contribution in [3.8, 4) is 11.8 Å². The maximum absolute atomic E-state index is 3.30. The number of hydrogen-bond donors (Lipinski definition) is 0. The molecule has 0 saturated carbocycles. The van der Waals surface area contributed by atoms with Gasteiger partial charge in [0.25, 0.3) is 0 Å². The third-order valence-electron chi connectivity index (χ3n) is 4.30. The lowest BCUT2D eigenvalue weighted by Crippen LogP contribution is -1.95. The molecule has 1 heterocycles. The molecule has 0 fully saturated rings. The smallest absolute Gasteiger partial charge is 0.0470 e. The minimum Gasteiger partial charge on any atom is -0.350 e. The maximum atomic E-state index is 3.30. The summed E-state index contributed by atoms with van der Waals surface area (Å²) in [5, 5.41) is 2.50. The van der Waals surface area contributed by atoms with E-state index in [1.165, 1.54) is 21.9 Å². The number of fused-ring (bicyclic) bond motifs is 1. The Bertz CT molecular complexity index is 1030. The van der Waals surface area contributed by atoms with Crippen LogP contribution in [0, 0.1) is 11.8 Å². The summed E-state index contributed by atoms with van der Waals surface area (Å²) >= 11 is 0. The Morgan fingerprint density at radius 2 is 1.48 bits per heavy atom. The molecule has 0 aliphatic carbocycles. The number of aromatic nitrogens is 1. The first-order valence-electron chi connectivity index (χ1n) is 8.53. The lowest BCUT2D eigenvalue weighted by molar-refractivity contribution is 0.807. The van der Waals surface area contributed by atoms with Crippen molar-refractivity contribution in [2.24, 2.45) is 0 Å². The molecule has 0 unspecified atom stereocenters. The van der Waals surface area contributed by atoms with E-state index in [9.17, 15) is 0 Å². The summed E-state index contributed by atoms with van der Waals surface area (Å²) in [6.45, 7) is 0.896. The van der Waals surface area contributed by atoms with Crippen molar-refractivity contribution in [3.63, 3.8) is 0 Å². The number of hydrogen-bond acceptors (Lipinski definition) is 0. The highest BCUT2D eigenvalue weighted by atomic mass is 14.9. The van der Waals surface area contributed by atoms with Crippen LogP contribution in [0.1, 0.15) is 16.7 Å². The fourth-order valence-corrected chi connectivity index (χ4v) is 3.00. The van der Waals surface area contributed by atoms with E-state index in [1.807, 2.05) is 6.07 Å². The molecular weight excluding hydrogens is 302 g/mol. The second-order valence-electron chi connectivity index (χ2n) is 6.22. The van der Waals surface area contributed by atoms with Crippen molar-refractivity contribution in [2.45, 2.75) is 13.0 Å². The van der Waals surface area contributed by atoms with Crippen LogP contribution < -0.4 is 0 Å². The van der Waals surface area contributed by atoms with Crippen molar-refractivity contribution < 1.29 is 0 Å². The van der Waals surface area contributed by atoms with Gasteiger partial charge in [-0.25, -0.2) is 0 Å². The average molecular weight is 321 g/mol. The van der Waals surface area contributed by atoms with E-state index in [0.717, 1.165) is 18.5 Å². The standard InChI is InChI=1S/C24H19N/c1-2-7-20(8-3-1)9-6-10-21-11-13-23-14-12-22(18-24(23)17-21)19-25-15-4-5-16-25/h1-5,7-8,11-18H,9,19H2. The highest BCUT2D eigenvalue weighted by Gasteiger charge is 1.99. The molecule has 120 valence electrons. The first-order chi connectivity index (χ1) is 12.4. The molecule has 0 amide bonds. The molecule has 0 aliphatic rings. The molecule has 25 heavy (non-hydrogen) atoms. The minimum absolute atomic E-state index is 0.784. The molecule has 0 radical (unpaired) electrons. The van der Waals surface area contributed by atoms with E-state index in [4.69, 9.17) is 0 Å². The van der Waals surface area contributed by atoms with Gasteiger partial charge in [0.1, 0.15) is 0 Å². The maximum Gasteiger partial charge on any atom is 0.0470 e. The monoisotopic (exact) mass is 321 g/mol. The molecule has 0 bridgehead atoms. The lowest BCUT2D eigenvalue weighted by Gasteiger charge is -2.06. The molecule has 1 heteroatoms. The van der Waals surface area contributed by atoms with Crippen LogP contribution in [-0.2, 0) is 13.0 Å². The molecule has 4 aromatic rings. The average Bonchev–Trinajstić information content (AvgIpc) is 3.15. The van der Waals surface area contributed by atoms with E-state index in [0.29, 0.717) is 0 Å². The third-order valence-corrected chi connectivity index (χ3v) is 4.30. The van der Waals surface area contributed by atoms with E-state index in [1.54, 1.807) is 0 Å². The van der Waals surface area contributed by atoms with E-state index in [2.05, 4.69) is 102 Å². The third kappa shape index (κ3) is 3.82. The number of benzene rings is 3. The second kappa shape index (κ2) is 7.11. The lowest BCUT2D eigenvalue weighted by atomic mass is 10.0. The van der Waals surface area contributed by atoms with Crippen molar-refractivity contribution in [1.82, 2.24) is 4.57 Å². The highest BCUT2D eigenvalue weighted by Crippen LogP contribution is 2.18. The van der Waals surface area contributed by atoms with Gasteiger partial charge >= 0.3 is 0 Å². The summed E-state index contributed by atoms with van der Waals surface area (Å²) in [6.07, 6.45) is 4.97. The van der Waals surface area contributed by atoms with Crippen molar-refractivity contribution >= 4 is 10.8 Å². The molecule has 1 nitrogen and oxygen atoms in total. The largest absolute Gasteiger partial charge is 0.350 e. The molecule has 0 atom stereocenters. The zero-order chi connectivity index (χ0) is 16.9. The topological polar surface area (TPSA) is 4.93 Å². The predicted octanol–water partition coefficient (Wildman–Crippen LogP) is 5.28. The summed E-state index contributed by atoms with van der Waals surface area (Å²) in [7, 11) is 0. The van der Waals surface area contributed by atoms with Crippen LogP contribution in [0.25, 0.3) is 10.8 Å². The second-order valence-corrected chi connectivity index (χ2v) is 6.22. The predicted molar refractivity (Wildman–Crippen MR) is 105 cm³/mol. The first kappa shape index (κ1) is 15.3. The summed E-state index contributed by atoms with van der Waals surface area (Å²) in [5.74, 6) is 6.57. The van der Waals surface area contributed by atoms with Gasteiger partial charge < -0.3 is 4.57 Å². The normalized spacial score (nSPS) is 10.4. The molecular formula is C24H19N. The van der Waals surface area contributed by atoms with Crippen LogP contribution in [-0.4, -0.2) is 4.57 Å². The quantitative estimate of drug-likeness (QED) is 0.452. The van der Waals surface area contributed by atoms with Crippen molar-refractivity contribution in [1.29, 1.82) is 0 Å². The fourth-order valence-electron chi connectivity index (χ4n) is 3.00. The van der Waals surface area contributed by atoms with Crippen molar-refractivity contribution in [2.75, 3.05) is 0 Å². The first-order valence-corrected chi connectivity index (χ1v) is 8.53. The van der Waals surface area contributed by atoms with E-state index in [-0.39, 0.29) is 0 Å². The summed E-state index contributed by atoms with van der Waals surface area (Å²) in [5.41, 5.74) is 3.63. The van der Waals surface area contributed by atoms with Gasteiger partial charge in [-0.05, 0) is 52.2 Å². The molecule has 0 aliphatic heterocycles. The number of rotatable bonds is 3. The van der Waals surface area contributed by atoms with Crippen LogP contribution in [0.4, 0.5) is 0 Å². The Balaban J connectivity index is 1.56. The van der Waals surface area contributed by atoms with Gasteiger partial charge in [0.05, 0.1) is 0 Å². The Labute approximate surface area is 148 Å². The Kier molecular flexibility index (Phi) is 4.35. The van der Waals surface area contributed by atoms with Crippen LogP contribution in [0.3, 0.4) is 0 Å². The van der Waals surface area contributed by atoms with Gasteiger partial charge in [-0.3, -0.25) is 0 Å². The van der Waals surface area contributed by atoms with Crippen LogP contribution in [0.2, 0.25) is 0 Å². The summed E-state index contributed by atoms with van der Waals surface area (Å²) in [4.78, 5) is 0. The molecule has 0 spiro atoms. The van der Waals surface area contributed by atoms with Crippen LogP contribution in [0.15, 0.2) is 91.3 Å². The zero-order valence-corrected chi connectivity index (χ0v) is 14.0. The van der Waals surface area contributed by atoms with Crippen molar-refractivity contribution in [3.05, 3.63) is 108 Å². The minimum atomic E-state index is 0.784. The Morgan fingerprint density at radius 3 is 2.32 bits per heavy atom. The fraction of sp³-hybridized carbons (Fsp3) is 0.0833. The highest BCUT2D eigenvalue weighted by molar-refractivity contribution is 5.84. The van der Waals surface area contributed by atoms with Gasteiger partial charge in [-0.1, -0.05) is 60.4 Å². The molecule has 4 rings (SSSR count). The summed E-state index contributed by atoms with van der Waals surface area (Å²) in [6, 6.07) is 27.6. The van der Waals surface area contributed by atoms with Crippen LogP contribution >= 0.6 is 0 Å². The molecule has 3 aromatic carbocycles. The van der Waals surface area contributed by atoms with Gasteiger partial charge in [-0.15, -0.1) is 0 Å². The zero-order valence-electron chi connectivity index (χ0n) is 14.0. The van der Waals surface area contributed by atoms with Gasteiger partial charge in [0.2, 0.25) is 0 Å². The summed E-state index contributed by atoms with van der Waals surface area (Å²) < 4.78 is 2.19. The molecule has 0 saturated heterocycles. The van der Waals surface area contributed by atoms with Gasteiger partial charge in [0.15, 0.2) is 0 Å². The van der Waals surface area contributed by atoms with Gasteiger partial charge in [-0.2, -0.15) is 0 Å². The SMILES string of the molecule is C(#Cc1ccc2ccc(Cn3cccc3)cc2c1)Cc1ccccc1. The molecule has 1 aromatic heterocycles. The van der Waals surface area contributed by atoms with E-state index >= 15 is 0 Å². The van der Waals surface area contributed by atoms with Crippen LogP contribution in [0.5, 0.6) is 0 Å². The Morgan fingerprint density at radius 1 is 0.680 bits per heavy atom. The van der Waals surface area contributed by atoms with Gasteiger partial charge in [0, 0.05) is 30.9 Å². The molecule has 0 N–H and O–H groups in total.